The van der Waals surface area contributed by atoms with Crippen molar-refractivity contribution < 1.29 is 14.3 Å². The molecule has 0 saturated carbocycles. The Morgan fingerprint density at radius 3 is 2.38 bits per heavy atom. The van der Waals surface area contributed by atoms with Gasteiger partial charge in [0.2, 0.25) is 0 Å². The van der Waals surface area contributed by atoms with Gasteiger partial charge < -0.3 is 25.4 Å². The van der Waals surface area contributed by atoms with E-state index in [0.29, 0.717) is 42.7 Å². The number of carbonyl (C=O) groups excluding carboxylic acids is 1. The Kier molecular flexibility index (Phi) is 13.2. The highest BCUT2D eigenvalue weighted by Gasteiger charge is 2.08. The lowest BCUT2D eigenvalue weighted by Crippen LogP contribution is -2.30. The summed E-state index contributed by atoms with van der Waals surface area (Å²) in [7, 11) is 1.62. The molecule has 0 fully saturated rings. The highest BCUT2D eigenvalue weighted by molar-refractivity contribution is 14.0. The van der Waals surface area contributed by atoms with Crippen molar-refractivity contribution in [3.8, 4) is 11.5 Å². The third-order valence-corrected chi connectivity index (χ3v) is 4.52. The summed E-state index contributed by atoms with van der Waals surface area (Å²) in [6.45, 7) is 8.53. The molecule has 32 heavy (non-hydrogen) atoms. The van der Waals surface area contributed by atoms with Gasteiger partial charge in [-0.2, -0.15) is 0 Å². The zero-order valence-corrected chi connectivity index (χ0v) is 21.7. The molecule has 0 spiro atoms. The lowest BCUT2D eigenvalue weighted by Gasteiger charge is -2.14. The lowest BCUT2D eigenvalue weighted by molar-refractivity contribution is 0.0953. The fraction of sp³-hybridized carbons (Fsp3) is 0.417. The summed E-state index contributed by atoms with van der Waals surface area (Å²) in [5.41, 5.74) is 2.53. The van der Waals surface area contributed by atoms with Crippen molar-refractivity contribution in [1.82, 2.24) is 10.6 Å². The highest BCUT2D eigenvalue weighted by atomic mass is 127. The first-order chi connectivity index (χ1) is 15.1. The number of nitrogens with one attached hydrogen (secondary N) is 3. The number of guanidine groups is 1. The molecule has 0 unspecified atom stereocenters. The number of amides is 1. The first-order valence-electron chi connectivity index (χ1n) is 10.8. The fourth-order valence-corrected chi connectivity index (χ4v) is 2.88. The third kappa shape index (κ3) is 8.94. The maximum absolute atomic E-state index is 12.1. The van der Waals surface area contributed by atoms with Crippen LogP contribution in [0.3, 0.4) is 0 Å². The number of benzene rings is 2. The Morgan fingerprint density at radius 2 is 1.75 bits per heavy atom. The second kappa shape index (κ2) is 15.3. The maximum atomic E-state index is 12.1. The number of ether oxygens (including phenoxy) is 2. The molecule has 0 aliphatic rings. The van der Waals surface area contributed by atoms with Gasteiger partial charge in [0.1, 0.15) is 0 Å². The van der Waals surface area contributed by atoms with Crippen molar-refractivity contribution in [2.45, 2.75) is 40.2 Å². The van der Waals surface area contributed by atoms with Crippen molar-refractivity contribution >= 4 is 41.5 Å². The summed E-state index contributed by atoms with van der Waals surface area (Å²) in [5.74, 6) is 1.99. The molecule has 7 nitrogen and oxygen atoms in total. The molecule has 0 aliphatic carbocycles. The third-order valence-electron chi connectivity index (χ3n) is 4.52. The molecule has 3 N–H and O–H groups in total. The van der Waals surface area contributed by atoms with Crippen LogP contribution in [0, 0.1) is 0 Å². The Balaban J connectivity index is 0.00000512. The van der Waals surface area contributed by atoms with Crippen LogP contribution in [-0.4, -0.2) is 38.7 Å². The zero-order chi connectivity index (χ0) is 22.5. The summed E-state index contributed by atoms with van der Waals surface area (Å²) < 4.78 is 11.0. The first-order valence-corrected chi connectivity index (χ1v) is 10.8. The molecule has 0 atom stereocenters. The number of aliphatic imine (C=N–C) groups is 1. The summed E-state index contributed by atoms with van der Waals surface area (Å²) >= 11 is 0. The van der Waals surface area contributed by atoms with Gasteiger partial charge in [-0.15, -0.1) is 24.0 Å². The normalized spacial score (nSPS) is 10.7. The smallest absolute Gasteiger partial charge is 0.251 e. The number of methoxy groups -OCH3 is 1. The van der Waals surface area contributed by atoms with E-state index in [1.807, 2.05) is 56.3 Å². The Labute approximate surface area is 208 Å². The molecule has 0 saturated heterocycles. The Morgan fingerprint density at radius 1 is 1.00 bits per heavy atom. The van der Waals surface area contributed by atoms with E-state index in [9.17, 15) is 4.79 Å². The average Bonchev–Trinajstić information content (AvgIpc) is 2.78. The van der Waals surface area contributed by atoms with E-state index in [1.54, 1.807) is 7.11 Å². The summed E-state index contributed by atoms with van der Waals surface area (Å²) in [5, 5.41) is 9.47. The van der Waals surface area contributed by atoms with E-state index >= 15 is 0 Å². The number of halogens is 1. The van der Waals surface area contributed by atoms with E-state index in [1.165, 1.54) is 0 Å². The quantitative estimate of drug-likeness (QED) is 0.161. The van der Waals surface area contributed by atoms with Crippen LogP contribution < -0.4 is 25.4 Å². The molecular weight excluding hydrogens is 519 g/mol. The van der Waals surface area contributed by atoms with Crippen LogP contribution >= 0.6 is 24.0 Å². The van der Waals surface area contributed by atoms with Gasteiger partial charge in [0.15, 0.2) is 17.5 Å². The van der Waals surface area contributed by atoms with Gasteiger partial charge in [0.25, 0.3) is 5.91 Å². The van der Waals surface area contributed by atoms with Gasteiger partial charge in [-0.1, -0.05) is 25.5 Å². The highest BCUT2D eigenvalue weighted by Crippen LogP contribution is 2.30. The van der Waals surface area contributed by atoms with Crippen LogP contribution in [-0.2, 0) is 6.54 Å². The van der Waals surface area contributed by atoms with E-state index in [2.05, 4.69) is 27.9 Å². The molecule has 2 aromatic rings. The zero-order valence-electron chi connectivity index (χ0n) is 19.4. The second-order valence-corrected chi connectivity index (χ2v) is 6.93. The van der Waals surface area contributed by atoms with Crippen LogP contribution in [0.5, 0.6) is 11.5 Å². The van der Waals surface area contributed by atoms with Crippen LogP contribution in [0.15, 0.2) is 47.5 Å². The predicted molar refractivity (Wildman–Crippen MR) is 142 cm³/mol. The van der Waals surface area contributed by atoms with E-state index in [0.717, 1.165) is 30.6 Å². The van der Waals surface area contributed by atoms with Crippen LogP contribution in [0.4, 0.5) is 5.69 Å². The molecule has 2 aromatic carbocycles. The lowest BCUT2D eigenvalue weighted by atomic mass is 10.1. The number of unbranched alkanes of at least 4 members (excludes halogenated alkanes) is 1. The number of carbonyl (C=O) groups is 1. The van der Waals surface area contributed by atoms with Crippen molar-refractivity contribution in [3.05, 3.63) is 53.6 Å². The summed E-state index contributed by atoms with van der Waals surface area (Å²) in [6, 6.07) is 13.2. The van der Waals surface area contributed by atoms with Gasteiger partial charge in [-0.05, 0) is 50.1 Å². The molecule has 0 bridgehead atoms. The summed E-state index contributed by atoms with van der Waals surface area (Å²) in [6.07, 6.45) is 2.04. The van der Waals surface area contributed by atoms with E-state index in [-0.39, 0.29) is 29.9 Å². The van der Waals surface area contributed by atoms with Crippen LogP contribution in [0.25, 0.3) is 0 Å². The minimum Gasteiger partial charge on any atom is -0.493 e. The van der Waals surface area contributed by atoms with Gasteiger partial charge in [0.05, 0.1) is 20.3 Å². The average molecular weight is 554 g/mol. The second-order valence-electron chi connectivity index (χ2n) is 6.93. The first kappa shape index (κ1) is 27.5. The van der Waals surface area contributed by atoms with E-state index in [4.69, 9.17) is 9.47 Å². The van der Waals surface area contributed by atoms with Crippen molar-refractivity contribution in [1.29, 1.82) is 0 Å². The van der Waals surface area contributed by atoms with Crippen molar-refractivity contribution in [2.75, 3.05) is 32.1 Å². The minimum atomic E-state index is -0.0388. The van der Waals surface area contributed by atoms with Gasteiger partial charge >= 0.3 is 0 Å². The maximum Gasteiger partial charge on any atom is 0.251 e. The summed E-state index contributed by atoms with van der Waals surface area (Å²) in [4.78, 5) is 16.8. The van der Waals surface area contributed by atoms with Gasteiger partial charge in [-0.25, -0.2) is 4.99 Å². The van der Waals surface area contributed by atoms with Gasteiger partial charge in [0, 0.05) is 30.4 Å². The standard InChI is InChI=1S/C24H34N4O3.HI/c1-5-8-15-26-23(29)19-11-9-18(10-12-19)17-27-24(25-6-2)28-20-13-14-21(30-4)22(16-20)31-7-3;/h9-14,16H,5-8,15,17H2,1-4H3,(H,26,29)(H2,25,27,28);1H. The number of anilines is 1. The molecule has 2 rings (SSSR count). The topological polar surface area (TPSA) is 84.0 Å². The van der Waals surface area contributed by atoms with Gasteiger partial charge in [-0.3, -0.25) is 4.79 Å². The Bertz CT molecular complexity index is 857. The largest absolute Gasteiger partial charge is 0.493 e. The molecular formula is C24H35IN4O3. The molecule has 0 radical (unpaired) electrons. The minimum absolute atomic E-state index is 0. The number of rotatable bonds is 11. The molecule has 8 heteroatoms. The predicted octanol–water partition coefficient (Wildman–Crippen LogP) is 4.82. The molecule has 0 heterocycles. The molecule has 0 aliphatic heterocycles. The van der Waals surface area contributed by atoms with Crippen LogP contribution in [0.1, 0.15) is 49.5 Å². The fourth-order valence-electron chi connectivity index (χ4n) is 2.88. The number of hydrogen-bond donors (Lipinski definition) is 3. The van der Waals surface area contributed by atoms with Crippen molar-refractivity contribution in [3.63, 3.8) is 0 Å². The SMILES string of the molecule is CCCCNC(=O)c1ccc(CN=C(NCC)Nc2ccc(OC)c(OCC)c2)cc1.I. The van der Waals surface area contributed by atoms with Crippen molar-refractivity contribution in [2.24, 2.45) is 4.99 Å². The molecule has 0 aromatic heterocycles. The molecule has 176 valence electrons. The number of nitrogens with zero attached hydrogens (tertiary/aromatic N) is 1. The van der Waals surface area contributed by atoms with Crippen LogP contribution in [0.2, 0.25) is 0 Å². The molecule has 1 amide bonds. The number of hydrogen-bond acceptors (Lipinski definition) is 4. The monoisotopic (exact) mass is 554 g/mol. The Hall–Kier alpha value is -2.49. The van der Waals surface area contributed by atoms with E-state index < -0.39 is 0 Å².